The minimum atomic E-state index is -4.60. The molecule has 0 fully saturated rings. The molecule has 0 spiro atoms. The van der Waals surface area contributed by atoms with Crippen molar-refractivity contribution in [3.05, 3.63) is 47.8 Å². The molecule has 0 saturated heterocycles. The van der Waals surface area contributed by atoms with Crippen LogP contribution in [-0.2, 0) is 12.6 Å². The van der Waals surface area contributed by atoms with E-state index >= 15 is 0 Å². The van der Waals surface area contributed by atoms with Gasteiger partial charge < -0.3 is 10.2 Å². The summed E-state index contributed by atoms with van der Waals surface area (Å²) in [6, 6.07) is 11.8. The maximum atomic E-state index is 13.0. The molecule has 3 heterocycles. The third-order valence-corrected chi connectivity index (χ3v) is 4.84. The number of aryl methyl sites for hydroxylation is 1. The molecule has 1 atom stereocenters. The van der Waals surface area contributed by atoms with Gasteiger partial charge in [0.2, 0.25) is 0 Å². The average Bonchev–Trinajstić information content (AvgIpc) is 3.07. The highest BCUT2D eigenvalue weighted by Crippen LogP contribution is 2.30. The summed E-state index contributed by atoms with van der Waals surface area (Å²) in [7, 11) is 0. The van der Waals surface area contributed by atoms with E-state index in [2.05, 4.69) is 44.6 Å². The normalized spacial score (nSPS) is 17.2. The minimum absolute atomic E-state index is 0.0615. The van der Waals surface area contributed by atoms with Crippen molar-refractivity contribution < 1.29 is 13.2 Å². The van der Waals surface area contributed by atoms with Crippen molar-refractivity contribution in [1.82, 2.24) is 19.8 Å². The van der Waals surface area contributed by atoms with Crippen molar-refractivity contribution in [3.63, 3.8) is 0 Å². The summed E-state index contributed by atoms with van der Waals surface area (Å²) < 4.78 is 39.6. The lowest BCUT2D eigenvalue weighted by Gasteiger charge is -2.37. The molecule has 1 aliphatic rings. The Balaban J connectivity index is 1.48. The molecule has 142 valence electrons. The number of anilines is 2. The van der Waals surface area contributed by atoms with E-state index in [1.807, 2.05) is 12.1 Å². The quantitative estimate of drug-likeness (QED) is 0.756. The standard InChI is InChI=1S/C18H19F3N6/c1-12-6-7-13-4-2-3-5-14(13)26(12)11-10-22-15-8-9-16-23-24-17(18(19,20)21)27(16)25-15/h2-5,8-9,12H,6-7,10-11H2,1H3,(H,22,25)/t12-/m0/s1. The number of nitrogens with zero attached hydrogens (tertiary/aromatic N) is 5. The molecule has 1 N–H and O–H groups in total. The van der Waals surface area contributed by atoms with Crippen molar-refractivity contribution in [3.8, 4) is 0 Å². The van der Waals surface area contributed by atoms with Crippen LogP contribution in [0.2, 0.25) is 0 Å². The molecule has 27 heavy (non-hydrogen) atoms. The van der Waals surface area contributed by atoms with E-state index in [4.69, 9.17) is 0 Å². The fourth-order valence-electron chi connectivity index (χ4n) is 3.47. The highest BCUT2D eigenvalue weighted by molar-refractivity contribution is 5.56. The predicted octanol–water partition coefficient (Wildman–Crippen LogP) is 3.40. The van der Waals surface area contributed by atoms with Crippen molar-refractivity contribution in [2.75, 3.05) is 23.3 Å². The monoisotopic (exact) mass is 376 g/mol. The van der Waals surface area contributed by atoms with Crippen LogP contribution < -0.4 is 10.2 Å². The molecule has 0 bridgehead atoms. The second-order valence-corrected chi connectivity index (χ2v) is 6.65. The lowest BCUT2D eigenvalue weighted by atomic mass is 9.97. The molecule has 1 aliphatic heterocycles. The van der Waals surface area contributed by atoms with Gasteiger partial charge in [-0.3, -0.25) is 0 Å². The second-order valence-electron chi connectivity index (χ2n) is 6.65. The molecule has 0 saturated carbocycles. The zero-order valence-corrected chi connectivity index (χ0v) is 14.7. The third kappa shape index (κ3) is 3.41. The zero-order chi connectivity index (χ0) is 19.0. The van der Waals surface area contributed by atoms with Gasteiger partial charge in [0.25, 0.3) is 5.82 Å². The molecule has 6 nitrogen and oxygen atoms in total. The van der Waals surface area contributed by atoms with E-state index in [0.29, 0.717) is 18.4 Å². The van der Waals surface area contributed by atoms with E-state index in [-0.39, 0.29) is 5.65 Å². The van der Waals surface area contributed by atoms with Gasteiger partial charge in [0, 0.05) is 24.8 Å². The van der Waals surface area contributed by atoms with Gasteiger partial charge in [-0.1, -0.05) is 18.2 Å². The van der Waals surface area contributed by atoms with Crippen molar-refractivity contribution in [2.24, 2.45) is 0 Å². The van der Waals surface area contributed by atoms with Crippen LogP contribution in [0, 0.1) is 0 Å². The smallest absolute Gasteiger partial charge is 0.367 e. The zero-order valence-electron chi connectivity index (χ0n) is 14.7. The Morgan fingerprint density at radius 1 is 1.15 bits per heavy atom. The average molecular weight is 376 g/mol. The van der Waals surface area contributed by atoms with E-state index < -0.39 is 12.0 Å². The highest BCUT2D eigenvalue weighted by atomic mass is 19.4. The fourth-order valence-corrected chi connectivity index (χ4v) is 3.47. The first-order chi connectivity index (χ1) is 12.9. The molecule has 3 aromatic rings. The Labute approximate surface area is 154 Å². The lowest BCUT2D eigenvalue weighted by Crippen LogP contribution is -2.40. The molecule has 2 aromatic heterocycles. The Morgan fingerprint density at radius 3 is 2.78 bits per heavy atom. The van der Waals surface area contributed by atoms with Gasteiger partial charge in [0.05, 0.1) is 0 Å². The maximum absolute atomic E-state index is 13.0. The van der Waals surface area contributed by atoms with Crippen LogP contribution in [0.25, 0.3) is 5.65 Å². The number of nitrogens with one attached hydrogen (secondary N) is 1. The van der Waals surface area contributed by atoms with E-state index in [0.717, 1.165) is 23.9 Å². The van der Waals surface area contributed by atoms with Gasteiger partial charge in [0.1, 0.15) is 5.82 Å². The first-order valence-corrected chi connectivity index (χ1v) is 8.81. The van der Waals surface area contributed by atoms with Gasteiger partial charge in [-0.15, -0.1) is 15.3 Å². The first kappa shape index (κ1) is 17.6. The second kappa shape index (κ2) is 6.71. The number of fused-ring (bicyclic) bond motifs is 2. The van der Waals surface area contributed by atoms with Crippen LogP contribution in [0.15, 0.2) is 36.4 Å². The van der Waals surface area contributed by atoms with Crippen LogP contribution in [0.3, 0.4) is 0 Å². The maximum Gasteiger partial charge on any atom is 0.453 e. The number of rotatable bonds is 4. The first-order valence-electron chi connectivity index (χ1n) is 8.81. The molecule has 0 amide bonds. The van der Waals surface area contributed by atoms with E-state index in [9.17, 15) is 13.2 Å². The number of halogens is 3. The Bertz CT molecular complexity index is 952. The van der Waals surface area contributed by atoms with Gasteiger partial charge in [-0.25, -0.2) is 0 Å². The van der Waals surface area contributed by atoms with Crippen LogP contribution in [-0.4, -0.2) is 38.9 Å². The molecule has 9 heteroatoms. The number of aromatic nitrogens is 4. The largest absolute Gasteiger partial charge is 0.453 e. The number of benzene rings is 1. The van der Waals surface area contributed by atoms with Gasteiger partial charge in [-0.05, 0) is 43.5 Å². The molecule has 0 unspecified atom stereocenters. The van der Waals surface area contributed by atoms with E-state index in [1.165, 1.54) is 17.3 Å². The number of hydrogen-bond acceptors (Lipinski definition) is 5. The Hall–Kier alpha value is -2.84. The summed E-state index contributed by atoms with van der Waals surface area (Å²) in [5, 5.41) is 13.8. The molecule has 0 radical (unpaired) electrons. The predicted molar refractivity (Wildman–Crippen MR) is 95.8 cm³/mol. The van der Waals surface area contributed by atoms with Gasteiger partial charge >= 0.3 is 6.18 Å². The van der Waals surface area contributed by atoms with Crippen LogP contribution >= 0.6 is 0 Å². The van der Waals surface area contributed by atoms with Crippen molar-refractivity contribution in [2.45, 2.75) is 32.0 Å². The van der Waals surface area contributed by atoms with Crippen molar-refractivity contribution in [1.29, 1.82) is 0 Å². The number of para-hydroxylation sites is 1. The van der Waals surface area contributed by atoms with Gasteiger partial charge in [-0.2, -0.15) is 17.7 Å². The molecular formula is C18H19F3N6. The number of alkyl halides is 3. The molecule has 1 aromatic carbocycles. The molecule has 0 aliphatic carbocycles. The SMILES string of the molecule is C[C@H]1CCc2ccccc2N1CCNc1ccc2nnc(C(F)(F)F)n2n1. The summed E-state index contributed by atoms with van der Waals surface area (Å²) in [5.41, 5.74) is 2.61. The van der Waals surface area contributed by atoms with Crippen LogP contribution in [0.4, 0.5) is 24.7 Å². The Kier molecular flexibility index (Phi) is 4.37. The highest BCUT2D eigenvalue weighted by Gasteiger charge is 2.37. The van der Waals surface area contributed by atoms with Gasteiger partial charge in [0.15, 0.2) is 5.65 Å². The molecule has 4 rings (SSSR count). The van der Waals surface area contributed by atoms with E-state index in [1.54, 1.807) is 6.07 Å². The van der Waals surface area contributed by atoms with Crippen LogP contribution in [0.5, 0.6) is 0 Å². The summed E-state index contributed by atoms with van der Waals surface area (Å²) in [4.78, 5) is 2.32. The van der Waals surface area contributed by atoms with Crippen molar-refractivity contribution >= 4 is 17.2 Å². The summed E-state index contributed by atoms with van der Waals surface area (Å²) >= 11 is 0. The number of hydrogen-bond donors (Lipinski definition) is 1. The third-order valence-electron chi connectivity index (χ3n) is 4.84. The summed E-state index contributed by atoms with van der Waals surface area (Å²) in [6.07, 6.45) is -2.46. The Morgan fingerprint density at radius 2 is 1.96 bits per heavy atom. The summed E-state index contributed by atoms with van der Waals surface area (Å²) in [6.45, 7) is 3.47. The molecular weight excluding hydrogens is 357 g/mol. The summed E-state index contributed by atoms with van der Waals surface area (Å²) in [5.74, 6) is -0.773. The van der Waals surface area contributed by atoms with Crippen LogP contribution in [0.1, 0.15) is 24.7 Å². The fraction of sp³-hybridized carbons (Fsp3) is 0.389. The lowest BCUT2D eigenvalue weighted by molar-refractivity contribution is -0.146. The minimum Gasteiger partial charge on any atom is -0.367 e. The topological polar surface area (TPSA) is 58.3 Å².